The molecule has 1 aliphatic heterocycles. The molecule has 2 N–H and O–H groups in total. The molecule has 2 aromatic heterocycles. The minimum Gasteiger partial charge on any atom is -0.333 e. The lowest BCUT2D eigenvalue weighted by Crippen LogP contribution is -2.43. The Morgan fingerprint density at radius 1 is 1.55 bits per heavy atom. The van der Waals surface area contributed by atoms with Crippen LogP contribution in [0.1, 0.15) is 24.2 Å². The molecule has 0 aliphatic carbocycles. The third-order valence-corrected chi connectivity index (χ3v) is 4.11. The highest BCUT2D eigenvalue weighted by atomic mass is 32.1. The lowest BCUT2D eigenvalue weighted by molar-refractivity contribution is 0.243. The predicted molar refractivity (Wildman–Crippen MR) is 73.6 cm³/mol. The van der Waals surface area contributed by atoms with Gasteiger partial charge in [0.25, 0.3) is 0 Å². The summed E-state index contributed by atoms with van der Waals surface area (Å²) in [5, 5.41) is 19.1. The second kappa shape index (κ2) is 5.53. The zero-order valence-electron chi connectivity index (χ0n) is 11.0. The first-order valence-corrected chi connectivity index (χ1v) is 7.33. The fourth-order valence-corrected chi connectivity index (χ4v) is 2.80. The number of carbonyl (C=O) groups excluding carboxylic acids is 1. The van der Waals surface area contributed by atoms with Gasteiger partial charge in [0.2, 0.25) is 5.13 Å². The summed E-state index contributed by atoms with van der Waals surface area (Å²) < 4.78 is 1.83. The number of urea groups is 1. The topological polar surface area (TPSA) is 97.6 Å². The van der Waals surface area contributed by atoms with Crippen LogP contribution in [0.2, 0.25) is 0 Å². The molecule has 3 rings (SSSR count). The fraction of sp³-hybridized carbons (Fsp3) is 0.545. The van der Waals surface area contributed by atoms with Crippen molar-refractivity contribution in [2.75, 3.05) is 5.32 Å². The summed E-state index contributed by atoms with van der Waals surface area (Å²) in [6.07, 6.45) is 4.05. The second-order valence-corrected chi connectivity index (χ2v) is 5.61. The van der Waals surface area contributed by atoms with Gasteiger partial charge < -0.3 is 5.32 Å². The number of aromatic nitrogens is 5. The maximum absolute atomic E-state index is 11.9. The van der Waals surface area contributed by atoms with Crippen LogP contribution in [-0.2, 0) is 19.4 Å². The van der Waals surface area contributed by atoms with Gasteiger partial charge in [-0.2, -0.15) is 5.10 Å². The van der Waals surface area contributed by atoms with Crippen LogP contribution in [-0.4, -0.2) is 37.0 Å². The Kier molecular flexibility index (Phi) is 3.59. The molecule has 0 aromatic carbocycles. The van der Waals surface area contributed by atoms with E-state index in [0.29, 0.717) is 11.7 Å². The Balaban J connectivity index is 1.54. The number of hydrogen-bond donors (Lipinski definition) is 2. The van der Waals surface area contributed by atoms with Gasteiger partial charge in [-0.15, -0.1) is 10.2 Å². The Morgan fingerprint density at radius 3 is 3.25 bits per heavy atom. The average Bonchev–Trinajstić information content (AvgIpc) is 3.06. The highest BCUT2D eigenvalue weighted by Crippen LogP contribution is 2.16. The van der Waals surface area contributed by atoms with Crippen LogP contribution in [0.5, 0.6) is 0 Å². The second-order valence-electron chi connectivity index (χ2n) is 4.55. The quantitative estimate of drug-likeness (QED) is 0.873. The van der Waals surface area contributed by atoms with E-state index < -0.39 is 0 Å². The molecule has 0 radical (unpaired) electrons. The molecule has 0 fully saturated rings. The number of anilines is 1. The number of amides is 2. The van der Waals surface area contributed by atoms with Crippen LogP contribution in [0, 0.1) is 0 Å². The SMILES string of the molecule is CCc1nnc(NC(=O)N[C@H]2CCc3ncnn3C2)s1. The van der Waals surface area contributed by atoms with Crippen LogP contribution in [0.3, 0.4) is 0 Å². The Morgan fingerprint density at radius 2 is 2.45 bits per heavy atom. The van der Waals surface area contributed by atoms with Crippen molar-refractivity contribution in [1.82, 2.24) is 30.3 Å². The minimum atomic E-state index is -0.252. The van der Waals surface area contributed by atoms with Gasteiger partial charge in [-0.25, -0.2) is 14.5 Å². The van der Waals surface area contributed by atoms with Gasteiger partial charge in [-0.1, -0.05) is 18.3 Å². The molecule has 0 bridgehead atoms. The highest BCUT2D eigenvalue weighted by molar-refractivity contribution is 7.15. The third kappa shape index (κ3) is 2.77. The number of rotatable bonds is 3. The molecule has 0 unspecified atom stereocenters. The maximum atomic E-state index is 11.9. The van der Waals surface area contributed by atoms with Crippen LogP contribution < -0.4 is 10.6 Å². The summed E-state index contributed by atoms with van der Waals surface area (Å²) in [5.41, 5.74) is 0. The zero-order valence-corrected chi connectivity index (χ0v) is 11.9. The van der Waals surface area contributed by atoms with Crippen molar-refractivity contribution >= 4 is 22.5 Å². The molecule has 1 aliphatic rings. The van der Waals surface area contributed by atoms with E-state index in [2.05, 4.69) is 30.9 Å². The summed E-state index contributed by atoms with van der Waals surface area (Å²) in [6, 6.07) is -0.194. The fourth-order valence-electron chi connectivity index (χ4n) is 2.12. The maximum Gasteiger partial charge on any atom is 0.321 e. The number of hydrogen-bond acceptors (Lipinski definition) is 6. The van der Waals surface area contributed by atoms with Gasteiger partial charge >= 0.3 is 6.03 Å². The van der Waals surface area contributed by atoms with E-state index in [9.17, 15) is 4.79 Å². The van der Waals surface area contributed by atoms with Gasteiger partial charge in [0, 0.05) is 6.42 Å². The van der Waals surface area contributed by atoms with E-state index in [0.717, 1.165) is 30.1 Å². The summed E-state index contributed by atoms with van der Waals surface area (Å²) in [4.78, 5) is 16.1. The summed E-state index contributed by atoms with van der Waals surface area (Å²) in [6.45, 7) is 2.65. The van der Waals surface area contributed by atoms with E-state index >= 15 is 0 Å². The summed E-state index contributed by atoms with van der Waals surface area (Å²) in [5.74, 6) is 0.972. The molecule has 2 aromatic rings. The smallest absolute Gasteiger partial charge is 0.321 e. The number of carbonyl (C=O) groups is 1. The summed E-state index contributed by atoms with van der Waals surface area (Å²) in [7, 11) is 0. The van der Waals surface area contributed by atoms with Gasteiger partial charge in [-0.3, -0.25) is 5.32 Å². The van der Waals surface area contributed by atoms with Crippen LogP contribution in [0.4, 0.5) is 9.93 Å². The first-order chi connectivity index (χ1) is 9.74. The average molecular weight is 293 g/mol. The molecule has 0 saturated carbocycles. The molecular weight excluding hydrogens is 278 g/mol. The molecule has 20 heavy (non-hydrogen) atoms. The third-order valence-electron chi connectivity index (χ3n) is 3.13. The molecule has 0 saturated heterocycles. The van der Waals surface area contributed by atoms with Crippen LogP contribution >= 0.6 is 11.3 Å². The van der Waals surface area contributed by atoms with E-state index in [1.54, 1.807) is 6.33 Å². The Hall–Kier alpha value is -2.03. The van der Waals surface area contributed by atoms with Crippen molar-refractivity contribution in [3.05, 3.63) is 17.2 Å². The highest BCUT2D eigenvalue weighted by Gasteiger charge is 2.21. The number of nitrogens with zero attached hydrogens (tertiary/aromatic N) is 5. The van der Waals surface area contributed by atoms with Crippen molar-refractivity contribution in [2.24, 2.45) is 0 Å². The Bertz CT molecular complexity index is 607. The van der Waals surface area contributed by atoms with Crippen LogP contribution in [0.25, 0.3) is 0 Å². The van der Waals surface area contributed by atoms with E-state index in [1.165, 1.54) is 11.3 Å². The largest absolute Gasteiger partial charge is 0.333 e. The standard InChI is InChI=1S/C11H15N7OS/c1-2-9-16-17-11(20-9)15-10(19)14-7-3-4-8-12-6-13-18(8)5-7/h6-7H,2-5H2,1H3,(H2,14,15,17,19)/t7-/m0/s1. The molecule has 3 heterocycles. The molecule has 1 atom stereocenters. The molecule has 0 spiro atoms. The first-order valence-electron chi connectivity index (χ1n) is 6.51. The molecule has 9 heteroatoms. The van der Waals surface area contributed by atoms with Gasteiger partial charge in [0.15, 0.2) is 0 Å². The normalized spacial score (nSPS) is 17.6. The first kappa shape index (κ1) is 13.0. The minimum absolute atomic E-state index is 0.0581. The van der Waals surface area contributed by atoms with Crippen molar-refractivity contribution < 1.29 is 4.79 Å². The van der Waals surface area contributed by atoms with Gasteiger partial charge in [-0.05, 0) is 12.8 Å². The van der Waals surface area contributed by atoms with Crippen LogP contribution in [0.15, 0.2) is 6.33 Å². The van der Waals surface area contributed by atoms with E-state index in [-0.39, 0.29) is 12.1 Å². The van der Waals surface area contributed by atoms with Crippen molar-refractivity contribution in [3.63, 3.8) is 0 Å². The Labute approximate surface area is 119 Å². The van der Waals surface area contributed by atoms with E-state index in [4.69, 9.17) is 0 Å². The van der Waals surface area contributed by atoms with Crippen molar-refractivity contribution in [3.8, 4) is 0 Å². The lowest BCUT2D eigenvalue weighted by atomic mass is 10.1. The molecule has 106 valence electrons. The number of nitrogens with one attached hydrogen (secondary N) is 2. The van der Waals surface area contributed by atoms with Gasteiger partial charge in [0.05, 0.1) is 12.6 Å². The monoisotopic (exact) mass is 293 g/mol. The van der Waals surface area contributed by atoms with Gasteiger partial charge in [0.1, 0.15) is 17.2 Å². The van der Waals surface area contributed by atoms with Crippen molar-refractivity contribution in [1.29, 1.82) is 0 Å². The number of fused-ring (bicyclic) bond motifs is 1. The summed E-state index contributed by atoms with van der Waals surface area (Å²) >= 11 is 1.39. The number of aryl methyl sites for hydroxylation is 2. The van der Waals surface area contributed by atoms with E-state index in [1.807, 2.05) is 11.6 Å². The molecule has 8 nitrogen and oxygen atoms in total. The zero-order chi connectivity index (χ0) is 13.9. The van der Waals surface area contributed by atoms with Crippen molar-refractivity contribution in [2.45, 2.75) is 38.8 Å². The molecular formula is C11H15N7OS. The molecule has 2 amide bonds. The lowest BCUT2D eigenvalue weighted by Gasteiger charge is -2.23. The predicted octanol–water partition coefficient (Wildman–Crippen LogP) is 0.828.